The second kappa shape index (κ2) is 35.2. The van der Waals surface area contributed by atoms with Gasteiger partial charge in [-0.3, -0.25) is 18.6 Å². The van der Waals surface area contributed by atoms with E-state index in [1.807, 2.05) is 12.2 Å². The molecule has 0 aliphatic heterocycles. The van der Waals surface area contributed by atoms with E-state index in [-0.39, 0.29) is 12.8 Å². The summed E-state index contributed by atoms with van der Waals surface area (Å²) in [4.78, 5) is 35.6. The van der Waals surface area contributed by atoms with Crippen molar-refractivity contribution in [2.45, 2.75) is 198 Å². The van der Waals surface area contributed by atoms with Crippen LogP contribution in [0.5, 0.6) is 0 Å². The molecular weight excluding hydrogens is 779 g/mol. The van der Waals surface area contributed by atoms with E-state index in [1.54, 1.807) is 12.2 Å². The van der Waals surface area contributed by atoms with Crippen LogP contribution in [0, 0.1) is 0 Å². The molecule has 0 saturated heterocycles. The molecule has 0 heterocycles. The summed E-state index contributed by atoms with van der Waals surface area (Å²) in [7, 11) is -5.14. The predicted molar refractivity (Wildman–Crippen MR) is 230 cm³/mol. The van der Waals surface area contributed by atoms with Crippen molar-refractivity contribution in [1.82, 2.24) is 0 Å². The van der Waals surface area contributed by atoms with E-state index in [1.165, 1.54) is 70.6 Å². The zero-order chi connectivity index (χ0) is 43.6. The van der Waals surface area contributed by atoms with Gasteiger partial charge in [0.15, 0.2) is 6.10 Å². The summed E-state index contributed by atoms with van der Waals surface area (Å²) in [5.41, 5.74) is 0. The lowest BCUT2D eigenvalue weighted by atomic mass is 9.85. The average Bonchev–Trinajstić information content (AvgIpc) is 3.21. The first-order valence-electron chi connectivity index (χ1n) is 22.1. The summed E-state index contributed by atoms with van der Waals surface area (Å²) >= 11 is 0. The molecule has 1 aliphatic rings. The Bertz CT molecular complexity index is 1270. The van der Waals surface area contributed by atoms with Crippen LogP contribution in [0.1, 0.15) is 155 Å². The Morgan fingerprint density at radius 3 is 1.41 bits per heavy atom. The van der Waals surface area contributed by atoms with Crippen molar-refractivity contribution in [3.05, 3.63) is 60.8 Å². The molecule has 0 aromatic heterocycles. The number of allylic oxidation sites excluding steroid dienone is 9. The van der Waals surface area contributed by atoms with E-state index in [0.29, 0.717) is 12.8 Å². The maximum absolute atomic E-state index is 12.8. The van der Waals surface area contributed by atoms with E-state index in [4.69, 9.17) is 18.5 Å². The second-order valence-electron chi connectivity index (χ2n) is 15.2. The van der Waals surface area contributed by atoms with Gasteiger partial charge in [-0.05, 0) is 38.5 Å². The molecule has 1 rings (SSSR count). The van der Waals surface area contributed by atoms with Gasteiger partial charge in [0.2, 0.25) is 0 Å². The van der Waals surface area contributed by atoms with Crippen LogP contribution >= 0.6 is 7.82 Å². The fourth-order valence-corrected chi connectivity index (χ4v) is 7.33. The third-order valence-electron chi connectivity index (χ3n) is 9.91. The summed E-state index contributed by atoms with van der Waals surface area (Å²) in [6, 6.07) is 0. The fourth-order valence-electron chi connectivity index (χ4n) is 6.36. The highest BCUT2D eigenvalue weighted by Crippen LogP contribution is 2.47. The van der Waals surface area contributed by atoms with Crippen LogP contribution in [-0.4, -0.2) is 98.3 Å². The molecule has 0 aromatic carbocycles. The lowest BCUT2D eigenvalue weighted by Crippen LogP contribution is -2.64. The van der Waals surface area contributed by atoms with Crippen molar-refractivity contribution in [2.24, 2.45) is 0 Å². The highest BCUT2D eigenvalue weighted by molar-refractivity contribution is 7.47. The van der Waals surface area contributed by atoms with Crippen LogP contribution < -0.4 is 0 Å². The van der Waals surface area contributed by atoms with Crippen LogP contribution in [0.2, 0.25) is 0 Å². The zero-order valence-corrected chi connectivity index (χ0v) is 36.7. The van der Waals surface area contributed by atoms with Crippen LogP contribution in [0.25, 0.3) is 0 Å². The third kappa shape index (κ3) is 27.9. The summed E-state index contributed by atoms with van der Waals surface area (Å²) in [6.45, 7) is 3.09. The van der Waals surface area contributed by atoms with Gasteiger partial charge in [-0.25, -0.2) is 4.57 Å². The van der Waals surface area contributed by atoms with Gasteiger partial charge in [0.05, 0.1) is 13.0 Å². The lowest BCUT2D eigenvalue weighted by molar-refractivity contribution is -0.220. The normalized spacial score (nSPS) is 22.9. The molecule has 1 fully saturated rings. The van der Waals surface area contributed by atoms with E-state index >= 15 is 0 Å². The Morgan fingerprint density at radius 1 is 0.542 bits per heavy atom. The van der Waals surface area contributed by atoms with E-state index in [0.717, 1.165) is 44.9 Å². The molecule has 6 N–H and O–H groups in total. The monoisotopic (exact) mass is 857 g/mol. The first kappa shape index (κ1) is 54.6. The quantitative estimate of drug-likeness (QED) is 0.0154. The number of hydrogen-bond donors (Lipinski definition) is 6. The average molecular weight is 857 g/mol. The molecule has 340 valence electrons. The van der Waals surface area contributed by atoms with Gasteiger partial charge in [0, 0.05) is 6.42 Å². The van der Waals surface area contributed by atoms with Crippen molar-refractivity contribution in [2.75, 3.05) is 13.2 Å². The maximum Gasteiger partial charge on any atom is 0.472 e. The van der Waals surface area contributed by atoms with E-state index < -0.39 is 75.7 Å². The van der Waals surface area contributed by atoms with Gasteiger partial charge >= 0.3 is 19.8 Å². The number of esters is 2. The summed E-state index contributed by atoms with van der Waals surface area (Å²) in [5.74, 6) is -1.25. The minimum absolute atomic E-state index is 0.136. The molecular formula is C45H77O13P. The SMILES string of the molecule is CC/C=C\C/C=C\C/C=C\C/C=C\C/C=C\CC(=O)OC(COC(=O)CCCCCCCCCCCCCCCCC)COP(=O)(O)OC1C(O)C(O)C(O)C(O)C1O. The number of carbonyl (C=O) groups is 2. The van der Waals surface area contributed by atoms with Crippen LogP contribution in [0.4, 0.5) is 0 Å². The van der Waals surface area contributed by atoms with Crippen LogP contribution in [0.15, 0.2) is 60.8 Å². The minimum Gasteiger partial charge on any atom is -0.462 e. The smallest absolute Gasteiger partial charge is 0.462 e. The molecule has 6 unspecified atom stereocenters. The first-order chi connectivity index (χ1) is 28.4. The maximum atomic E-state index is 12.8. The van der Waals surface area contributed by atoms with Crippen molar-refractivity contribution in [3.8, 4) is 0 Å². The van der Waals surface area contributed by atoms with Gasteiger partial charge < -0.3 is 39.9 Å². The number of phosphoric acid groups is 1. The molecule has 1 aliphatic carbocycles. The number of unbranched alkanes of at least 4 members (excludes halogenated alkanes) is 14. The largest absolute Gasteiger partial charge is 0.472 e. The van der Waals surface area contributed by atoms with Crippen molar-refractivity contribution < 1.29 is 63.1 Å². The summed E-state index contributed by atoms with van der Waals surface area (Å²) < 4.78 is 33.3. The Hall–Kier alpha value is -2.45. The molecule has 0 amide bonds. The number of ether oxygens (including phenoxy) is 2. The Kier molecular flexibility index (Phi) is 32.5. The van der Waals surface area contributed by atoms with Gasteiger partial charge in [0.1, 0.15) is 43.2 Å². The van der Waals surface area contributed by atoms with Gasteiger partial charge in [-0.15, -0.1) is 0 Å². The third-order valence-corrected chi connectivity index (χ3v) is 10.9. The van der Waals surface area contributed by atoms with Crippen molar-refractivity contribution in [1.29, 1.82) is 0 Å². The second-order valence-corrected chi connectivity index (χ2v) is 16.6. The number of aliphatic hydroxyl groups is 5. The van der Waals surface area contributed by atoms with Gasteiger partial charge in [-0.1, -0.05) is 164 Å². The van der Waals surface area contributed by atoms with Gasteiger partial charge in [0.25, 0.3) is 0 Å². The Morgan fingerprint density at radius 2 is 0.949 bits per heavy atom. The number of rotatable bonds is 35. The molecule has 13 nitrogen and oxygen atoms in total. The fraction of sp³-hybridized carbons (Fsp3) is 0.733. The highest BCUT2D eigenvalue weighted by Gasteiger charge is 2.51. The topological polar surface area (TPSA) is 210 Å². The molecule has 6 atom stereocenters. The van der Waals surface area contributed by atoms with Crippen LogP contribution in [-0.2, 0) is 32.7 Å². The van der Waals surface area contributed by atoms with E-state index in [9.17, 15) is 44.6 Å². The molecule has 1 saturated carbocycles. The molecule has 0 aromatic rings. The molecule has 0 spiro atoms. The lowest BCUT2D eigenvalue weighted by Gasteiger charge is -2.41. The summed E-state index contributed by atoms with van der Waals surface area (Å²) in [6.07, 6.45) is 28.8. The number of phosphoric ester groups is 1. The Balaban J connectivity index is 2.54. The molecule has 0 radical (unpaired) electrons. The minimum atomic E-state index is -5.14. The van der Waals surface area contributed by atoms with Gasteiger partial charge in [-0.2, -0.15) is 0 Å². The number of hydrogen-bond acceptors (Lipinski definition) is 12. The predicted octanol–water partition coefficient (Wildman–Crippen LogP) is 8.16. The number of aliphatic hydroxyl groups excluding tert-OH is 5. The van der Waals surface area contributed by atoms with Crippen LogP contribution in [0.3, 0.4) is 0 Å². The van der Waals surface area contributed by atoms with Crippen molar-refractivity contribution in [3.63, 3.8) is 0 Å². The molecule has 0 bridgehead atoms. The first-order valence-corrected chi connectivity index (χ1v) is 23.6. The standard InChI is InChI=1S/C45H77O13P/c1-3-5-7-9-11-13-15-17-19-21-23-25-27-29-31-33-38(46)55-35-37(36-56-59(53,54)58-45-43(51)41(49)40(48)42(50)44(45)52)57-39(47)34-32-30-28-26-24-22-20-18-16-14-12-10-8-6-4-2/h6,8,12,14,18,20,24,26,30,32,37,40-45,48-52H,3-5,7,9-11,13,15-17,19,21-23,25,27-29,31,33-36H2,1-2H3,(H,53,54)/b8-6-,14-12-,20-18-,26-24-,32-30-. The van der Waals surface area contributed by atoms with Crippen molar-refractivity contribution >= 4 is 19.8 Å². The summed E-state index contributed by atoms with van der Waals surface area (Å²) in [5, 5.41) is 50.1. The number of carbonyl (C=O) groups excluding carboxylic acids is 2. The highest BCUT2D eigenvalue weighted by atomic mass is 31.2. The zero-order valence-electron chi connectivity index (χ0n) is 35.8. The molecule has 14 heteroatoms. The van der Waals surface area contributed by atoms with E-state index in [2.05, 4.69) is 50.3 Å². The molecule has 59 heavy (non-hydrogen) atoms. The Labute approximate surface area is 353 Å².